The van der Waals surface area contributed by atoms with E-state index in [1.54, 1.807) is 12.3 Å². The van der Waals surface area contributed by atoms with E-state index in [9.17, 15) is 4.79 Å². The fourth-order valence-corrected chi connectivity index (χ4v) is 3.81. The van der Waals surface area contributed by atoms with Gasteiger partial charge >= 0.3 is 0 Å². The molecular formula is C20H21ClN2O3. The first-order valence-corrected chi connectivity index (χ1v) is 9.32. The van der Waals surface area contributed by atoms with Crippen molar-refractivity contribution in [1.82, 2.24) is 4.98 Å². The van der Waals surface area contributed by atoms with E-state index in [2.05, 4.69) is 18.0 Å². The number of carbonyl (C=O) groups is 1. The fourth-order valence-electron chi connectivity index (χ4n) is 3.59. The molecular weight excluding hydrogens is 352 g/mol. The summed E-state index contributed by atoms with van der Waals surface area (Å²) in [6.45, 7) is 3.42. The SMILES string of the molecule is CC1Cc2ccccc2N1C(=O)c1cnc(OC2CCOCC2)c(Cl)c1. The van der Waals surface area contributed by atoms with Crippen molar-refractivity contribution < 1.29 is 14.3 Å². The van der Waals surface area contributed by atoms with Gasteiger partial charge in [0.1, 0.15) is 11.1 Å². The largest absolute Gasteiger partial charge is 0.473 e. The highest BCUT2D eigenvalue weighted by molar-refractivity contribution is 6.32. The lowest BCUT2D eigenvalue weighted by atomic mass is 10.1. The van der Waals surface area contributed by atoms with Gasteiger partial charge in [0.05, 0.1) is 18.8 Å². The molecule has 1 saturated heterocycles. The molecule has 0 bridgehead atoms. The minimum Gasteiger partial charge on any atom is -0.473 e. The molecule has 2 aliphatic heterocycles. The monoisotopic (exact) mass is 372 g/mol. The summed E-state index contributed by atoms with van der Waals surface area (Å²) in [7, 11) is 0. The molecule has 1 amide bonds. The van der Waals surface area contributed by atoms with E-state index in [-0.39, 0.29) is 18.1 Å². The molecule has 0 saturated carbocycles. The Hall–Kier alpha value is -2.11. The average Bonchev–Trinajstić information content (AvgIpc) is 2.99. The Bertz CT molecular complexity index is 820. The third kappa shape index (κ3) is 3.29. The number of aromatic nitrogens is 1. The van der Waals surface area contributed by atoms with Crippen molar-refractivity contribution >= 4 is 23.2 Å². The van der Waals surface area contributed by atoms with Gasteiger partial charge in [-0.2, -0.15) is 0 Å². The van der Waals surface area contributed by atoms with Crippen LogP contribution in [0.25, 0.3) is 0 Å². The van der Waals surface area contributed by atoms with Gasteiger partial charge < -0.3 is 14.4 Å². The maximum Gasteiger partial charge on any atom is 0.260 e. The Morgan fingerprint density at radius 3 is 2.85 bits per heavy atom. The van der Waals surface area contributed by atoms with Gasteiger partial charge in [-0.05, 0) is 31.0 Å². The molecule has 4 rings (SSSR count). The number of rotatable bonds is 3. The zero-order chi connectivity index (χ0) is 18.1. The van der Waals surface area contributed by atoms with Gasteiger partial charge in [-0.1, -0.05) is 29.8 Å². The second-order valence-electron chi connectivity index (χ2n) is 6.80. The van der Waals surface area contributed by atoms with Gasteiger partial charge in [0.25, 0.3) is 5.91 Å². The molecule has 0 radical (unpaired) electrons. The second kappa shape index (κ2) is 7.25. The molecule has 1 aromatic heterocycles. The number of nitrogens with zero attached hydrogens (tertiary/aromatic N) is 2. The van der Waals surface area contributed by atoms with Crippen molar-refractivity contribution in [2.45, 2.75) is 38.3 Å². The summed E-state index contributed by atoms with van der Waals surface area (Å²) in [6.07, 6.45) is 4.10. The lowest BCUT2D eigenvalue weighted by molar-refractivity contribution is 0.0238. The summed E-state index contributed by atoms with van der Waals surface area (Å²) in [5.41, 5.74) is 2.62. The first-order valence-electron chi connectivity index (χ1n) is 8.95. The summed E-state index contributed by atoms with van der Waals surface area (Å²) in [5, 5.41) is 0.363. The fraction of sp³-hybridized carbons (Fsp3) is 0.400. The van der Waals surface area contributed by atoms with Crippen molar-refractivity contribution in [3.05, 3.63) is 52.7 Å². The van der Waals surface area contributed by atoms with Gasteiger partial charge in [-0.15, -0.1) is 0 Å². The van der Waals surface area contributed by atoms with Crippen LogP contribution in [0.4, 0.5) is 5.69 Å². The van der Waals surface area contributed by atoms with E-state index in [0.717, 1.165) is 24.9 Å². The summed E-state index contributed by atoms with van der Waals surface area (Å²) >= 11 is 6.35. The third-order valence-electron chi connectivity index (χ3n) is 4.93. The molecule has 2 aliphatic rings. The predicted octanol–water partition coefficient (Wildman–Crippen LogP) is 3.88. The molecule has 1 fully saturated rings. The standard InChI is InChI=1S/C20H21ClN2O3/c1-13-10-14-4-2-3-5-18(14)23(13)20(24)15-11-17(21)19(22-12-15)26-16-6-8-25-9-7-16/h2-5,11-13,16H,6-10H2,1H3. The summed E-state index contributed by atoms with van der Waals surface area (Å²) in [5.74, 6) is 0.291. The van der Waals surface area contributed by atoms with Crippen molar-refractivity contribution in [1.29, 1.82) is 0 Å². The van der Waals surface area contributed by atoms with Crippen LogP contribution in [0.3, 0.4) is 0 Å². The van der Waals surface area contributed by atoms with E-state index < -0.39 is 0 Å². The number of carbonyl (C=O) groups excluding carboxylic acids is 1. The number of amides is 1. The van der Waals surface area contributed by atoms with Crippen LogP contribution >= 0.6 is 11.6 Å². The van der Waals surface area contributed by atoms with Crippen LogP contribution in [-0.4, -0.2) is 36.3 Å². The Kier molecular flexibility index (Phi) is 4.83. The number of ether oxygens (including phenoxy) is 2. The van der Waals surface area contributed by atoms with Crippen LogP contribution in [0.2, 0.25) is 5.02 Å². The molecule has 1 aromatic carbocycles. The number of fused-ring (bicyclic) bond motifs is 1. The number of benzene rings is 1. The normalized spacial score (nSPS) is 20.1. The first-order chi connectivity index (χ1) is 12.6. The maximum absolute atomic E-state index is 13.0. The highest BCUT2D eigenvalue weighted by Gasteiger charge is 2.31. The topological polar surface area (TPSA) is 51.7 Å². The molecule has 3 heterocycles. The van der Waals surface area contributed by atoms with E-state index >= 15 is 0 Å². The first kappa shape index (κ1) is 17.3. The van der Waals surface area contributed by atoms with Crippen molar-refractivity contribution in [3.8, 4) is 5.88 Å². The van der Waals surface area contributed by atoms with Gasteiger partial charge in [0, 0.05) is 30.8 Å². The minimum absolute atomic E-state index is 0.0563. The summed E-state index contributed by atoms with van der Waals surface area (Å²) in [4.78, 5) is 19.2. The quantitative estimate of drug-likeness (QED) is 0.820. The minimum atomic E-state index is -0.0885. The third-order valence-corrected chi connectivity index (χ3v) is 5.20. The van der Waals surface area contributed by atoms with E-state index in [1.807, 2.05) is 23.1 Å². The van der Waals surface area contributed by atoms with E-state index in [4.69, 9.17) is 21.1 Å². The molecule has 1 atom stereocenters. The number of halogens is 1. The molecule has 6 heteroatoms. The van der Waals surface area contributed by atoms with Crippen LogP contribution in [0.5, 0.6) is 5.88 Å². The van der Waals surface area contributed by atoms with E-state index in [0.29, 0.717) is 29.7 Å². The summed E-state index contributed by atoms with van der Waals surface area (Å²) < 4.78 is 11.2. The van der Waals surface area contributed by atoms with E-state index in [1.165, 1.54) is 5.56 Å². The van der Waals surface area contributed by atoms with Gasteiger partial charge in [-0.3, -0.25) is 4.79 Å². The number of hydrogen-bond acceptors (Lipinski definition) is 4. The van der Waals surface area contributed by atoms with Crippen molar-refractivity contribution in [2.75, 3.05) is 18.1 Å². The molecule has 0 aliphatic carbocycles. The Morgan fingerprint density at radius 1 is 1.31 bits per heavy atom. The van der Waals surface area contributed by atoms with Crippen molar-refractivity contribution in [2.24, 2.45) is 0 Å². The molecule has 5 nitrogen and oxygen atoms in total. The van der Waals surface area contributed by atoms with Crippen LogP contribution in [0.15, 0.2) is 36.5 Å². The smallest absolute Gasteiger partial charge is 0.260 e. The van der Waals surface area contributed by atoms with Crippen LogP contribution in [0, 0.1) is 0 Å². The molecule has 0 N–H and O–H groups in total. The molecule has 26 heavy (non-hydrogen) atoms. The lowest BCUT2D eigenvalue weighted by Gasteiger charge is -2.24. The maximum atomic E-state index is 13.0. The highest BCUT2D eigenvalue weighted by atomic mass is 35.5. The second-order valence-corrected chi connectivity index (χ2v) is 7.20. The Balaban J connectivity index is 1.54. The molecule has 1 unspecified atom stereocenters. The Morgan fingerprint density at radius 2 is 2.08 bits per heavy atom. The highest BCUT2D eigenvalue weighted by Crippen LogP contribution is 2.34. The number of hydrogen-bond donors (Lipinski definition) is 0. The number of para-hydroxylation sites is 1. The average molecular weight is 373 g/mol. The molecule has 2 aromatic rings. The van der Waals surface area contributed by atoms with Gasteiger partial charge in [0.2, 0.25) is 5.88 Å². The number of anilines is 1. The molecule has 0 spiro atoms. The van der Waals surface area contributed by atoms with Crippen LogP contribution in [-0.2, 0) is 11.2 Å². The lowest BCUT2D eigenvalue weighted by Crippen LogP contribution is -2.35. The zero-order valence-electron chi connectivity index (χ0n) is 14.7. The van der Waals surface area contributed by atoms with Gasteiger partial charge in [-0.25, -0.2) is 4.98 Å². The molecule has 136 valence electrons. The van der Waals surface area contributed by atoms with Gasteiger partial charge in [0.15, 0.2) is 0 Å². The van der Waals surface area contributed by atoms with Crippen molar-refractivity contribution in [3.63, 3.8) is 0 Å². The number of pyridine rings is 1. The predicted molar refractivity (Wildman–Crippen MR) is 100 cm³/mol. The van der Waals surface area contributed by atoms with Crippen LogP contribution in [0.1, 0.15) is 35.7 Å². The zero-order valence-corrected chi connectivity index (χ0v) is 15.4. The Labute approximate surface area is 157 Å². The summed E-state index contributed by atoms with van der Waals surface area (Å²) in [6, 6.07) is 9.76. The van der Waals surface area contributed by atoms with Crippen LogP contribution < -0.4 is 9.64 Å².